The molecule has 0 N–H and O–H groups in total. The summed E-state index contributed by atoms with van der Waals surface area (Å²) in [6.07, 6.45) is 12.6. The van der Waals surface area contributed by atoms with E-state index in [1.54, 1.807) is 0 Å². The van der Waals surface area contributed by atoms with Crippen LogP contribution >= 0.6 is 0 Å². The number of carbonyl (C=O) groups is 1. The fourth-order valence-electron chi connectivity index (χ4n) is 2.68. The average Bonchev–Trinajstić information content (AvgIpc) is 2.53. The molecule has 1 fully saturated rings. The predicted octanol–water partition coefficient (Wildman–Crippen LogP) is 4.18. The summed E-state index contributed by atoms with van der Waals surface area (Å²) in [5, 5.41) is 0. The van der Waals surface area contributed by atoms with Crippen molar-refractivity contribution in [2.75, 3.05) is 32.7 Å². The highest BCUT2D eigenvalue weighted by Crippen LogP contribution is 2.11. The van der Waals surface area contributed by atoms with Crippen LogP contribution in [0.4, 0.5) is 0 Å². The fourth-order valence-corrected chi connectivity index (χ4v) is 2.68. The molecule has 0 spiro atoms. The van der Waals surface area contributed by atoms with E-state index in [4.69, 9.17) is 0 Å². The van der Waals surface area contributed by atoms with Crippen LogP contribution in [0.25, 0.3) is 0 Å². The third-order valence-electron chi connectivity index (χ3n) is 4.38. The molecule has 3 heteroatoms. The Balaban J connectivity index is 2.21. The van der Waals surface area contributed by atoms with E-state index in [1.165, 1.54) is 23.1 Å². The van der Waals surface area contributed by atoms with Gasteiger partial charge < -0.3 is 4.90 Å². The van der Waals surface area contributed by atoms with Crippen molar-refractivity contribution in [3.05, 3.63) is 34.9 Å². The van der Waals surface area contributed by atoms with E-state index >= 15 is 0 Å². The lowest BCUT2D eigenvalue weighted by molar-refractivity contribution is -0.119. The van der Waals surface area contributed by atoms with Crippen LogP contribution in [-0.2, 0) is 4.79 Å². The third-order valence-corrected chi connectivity index (χ3v) is 4.38. The molecule has 1 heterocycles. The van der Waals surface area contributed by atoms with E-state index in [0.717, 1.165) is 58.4 Å². The quantitative estimate of drug-likeness (QED) is 0.470. The molecular weight excluding hydrogens is 284 g/mol. The SMILES string of the molecule is CC(C)=CCC/C(C)=C/CC/C(C)=C/CN1CCN(C=O)CC1. The first-order chi connectivity index (χ1) is 11.0. The zero-order valence-electron chi connectivity index (χ0n) is 15.5. The number of carbonyl (C=O) groups excluding carboxylic acids is 1. The molecule has 1 rings (SSSR count). The molecule has 130 valence electrons. The van der Waals surface area contributed by atoms with Gasteiger partial charge in [-0.25, -0.2) is 0 Å². The second-order valence-electron chi connectivity index (χ2n) is 6.90. The molecule has 0 unspecified atom stereocenters. The molecule has 1 saturated heterocycles. The summed E-state index contributed by atoms with van der Waals surface area (Å²) in [6, 6.07) is 0. The lowest BCUT2D eigenvalue weighted by Gasteiger charge is -2.31. The minimum Gasteiger partial charge on any atom is -0.343 e. The highest BCUT2D eigenvalue weighted by molar-refractivity contribution is 5.47. The van der Waals surface area contributed by atoms with Crippen LogP contribution in [0.5, 0.6) is 0 Å². The molecule has 23 heavy (non-hydrogen) atoms. The highest BCUT2D eigenvalue weighted by atomic mass is 16.1. The maximum atomic E-state index is 10.7. The third kappa shape index (κ3) is 9.39. The first kappa shape index (κ1) is 19.7. The lowest BCUT2D eigenvalue weighted by atomic mass is 10.1. The van der Waals surface area contributed by atoms with Crippen molar-refractivity contribution >= 4 is 6.41 Å². The van der Waals surface area contributed by atoms with E-state index in [2.05, 4.69) is 50.8 Å². The predicted molar refractivity (Wildman–Crippen MR) is 99.5 cm³/mol. The monoisotopic (exact) mass is 318 g/mol. The van der Waals surface area contributed by atoms with Gasteiger partial charge >= 0.3 is 0 Å². The summed E-state index contributed by atoms with van der Waals surface area (Å²) in [6.45, 7) is 13.5. The number of piperazine rings is 1. The second-order valence-corrected chi connectivity index (χ2v) is 6.90. The molecular formula is C20H34N2O. The van der Waals surface area contributed by atoms with Crippen molar-refractivity contribution in [3.8, 4) is 0 Å². The molecule has 1 aliphatic rings. The Bertz CT molecular complexity index is 437. The van der Waals surface area contributed by atoms with Gasteiger partial charge in [0.2, 0.25) is 6.41 Å². The minimum absolute atomic E-state index is 0.865. The van der Waals surface area contributed by atoms with E-state index in [1.807, 2.05) is 4.90 Å². The van der Waals surface area contributed by atoms with Crippen LogP contribution in [0, 0.1) is 0 Å². The van der Waals surface area contributed by atoms with Crippen molar-refractivity contribution in [3.63, 3.8) is 0 Å². The smallest absolute Gasteiger partial charge is 0.209 e. The Labute approximate surface area is 142 Å². The molecule has 0 aromatic rings. The Morgan fingerprint density at radius 1 is 0.826 bits per heavy atom. The molecule has 0 bridgehead atoms. The van der Waals surface area contributed by atoms with Gasteiger partial charge in [0.15, 0.2) is 0 Å². The van der Waals surface area contributed by atoms with Gasteiger partial charge in [-0.1, -0.05) is 34.9 Å². The zero-order chi connectivity index (χ0) is 17.1. The van der Waals surface area contributed by atoms with Gasteiger partial charge in [0.1, 0.15) is 0 Å². The molecule has 0 aromatic heterocycles. The van der Waals surface area contributed by atoms with Crippen LogP contribution in [0.1, 0.15) is 53.4 Å². The van der Waals surface area contributed by atoms with Crippen LogP contribution in [0.3, 0.4) is 0 Å². The van der Waals surface area contributed by atoms with Gasteiger partial charge in [0.05, 0.1) is 0 Å². The Morgan fingerprint density at radius 2 is 1.39 bits per heavy atom. The van der Waals surface area contributed by atoms with Crippen molar-refractivity contribution in [1.82, 2.24) is 9.80 Å². The molecule has 1 amide bonds. The summed E-state index contributed by atoms with van der Waals surface area (Å²) in [5.41, 5.74) is 4.38. The number of amides is 1. The van der Waals surface area contributed by atoms with E-state index in [-0.39, 0.29) is 0 Å². The van der Waals surface area contributed by atoms with Gasteiger partial charge in [0.25, 0.3) is 0 Å². The molecule has 0 saturated carbocycles. The number of allylic oxidation sites excluding steroid dienone is 5. The van der Waals surface area contributed by atoms with Gasteiger partial charge in [-0.15, -0.1) is 0 Å². The highest BCUT2D eigenvalue weighted by Gasteiger charge is 2.13. The summed E-state index contributed by atoms with van der Waals surface area (Å²) >= 11 is 0. The number of hydrogen-bond donors (Lipinski definition) is 0. The summed E-state index contributed by atoms with van der Waals surface area (Å²) in [7, 11) is 0. The minimum atomic E-state index is 0.865. The number of hydrogen-bond acceptors (Lipinski definition) is 2. The molecule has 0 radical (unpaired) electrons. The first-order valence-corrected chi connectivity index (χ1v) is 8.87. The van der Waals surface area contributed by atoms with Crippen LogP contribution in [0.2, 0.25) is 0 Å². The zero-order valence-corrected chi connectivity index (χ0v) is 15.5. The number of rotatable bonds is 9. The summed E-state index contributed by atoms with van der Waals surface area (Å²) in [4.78, 5) is 15.0. The first-order valence-electron chi connectivity index (χ1n) is 8.87. The number of nitrogens with zero attached hydrogens (tertiary/aromatic N) is 2. The topological polar surface area (TPSA) is 23.6 Å². The van der Waals surface area contributed by atoms with E-state index in [0.29, 0.717) is 0 Å². The average molecular weight is 319 g/mol. The van der Waals surface area contributed by atoms with Crippen molar-refractivity contribution in [2.45, 2.75) is 53.4 Å². The van der Waals surface area contributed by atoms with Gasteiger partial charge in [0, 0.05) is 32.7 Å². The van der Waals surface area contributed by atoms with Crippen molar-refractivity contribution in [1.29, 1.82) is 0 Å². The maximum Gasteiger partial charge on any atom is 0.209 e. The van der Waals surface area contributed by atoms with Crippen LogP contribution < -0.4 is 0 Å². The second kappa shape index (κ2) is 11.2. The molecule has 3 nitrogen and oxygen atoms in total. The van der Waals surface area contributed by atoms with E-state index in [9.17, 15) is 4.79 Å². The summed E-state index contributed by atoms with van der Waals surface area (Å²) < 4.78 is 0. The van der Waals surface area contributed by atoms with Gasteiger partial charge in [-0.05, 0) is 53.4 Å². The lowest BCUT2D eigenvalue weighted by Crippen LogP contribution is -2.45. The maximum absolute atomic E-state index is 10.7. The Hall–Kier alpha value is -1.35. The Morgan fingerprint density at radius 3 is 1.96 bits per heavy atom. The molecule has 0 aliphatic carbocycles. The molecule has 0 atom stereocenters. The Kier molecular flexibility index (Phi) is 9.61. The summed E-state index contributed by atoms with van der Waals surface area (Å²) in [5.74, 6) is 0. The van der Waals surface area contributed by atoms with Gasteiger partial charge in [-0.3, -0.25) is 9.69 Å². The van der Waals surface area contributed by atoms with E-state index < -0.39 is 0 Å². The molecule has 1 aliphatic heterocycles. The van der Waals surface area contributed by atoms with Crippen molar-refractivity contribution in [2.24, 2.45) is 0 Å². The van der Waals surface area contributed by atoms with Crippen molar-refractivity contribution < 1.29 is 4.79 Å². The standard InChI is InChI=1S/C20H34N2O/c1-18(2)7-5-8-19(3)9-6-10-20(4)11-12-21-13-15-22(17-23)16-14-21/h7,9,11,17H,5-6,8,10,12-16H2,1-4H3/b19-9+,20-11+. The largest absolute Gasteiger partial charge is 0.343 e. The van der Waals surface area contributed by atoms with Crippen LogP contribution in [-0.4, -0.2) is 48.9 Å². The fraction of sp³-hybridized carbons (Fsp3) is 0.650. The molecule has 0 aromatic carbocycles. The van der Waals surface area contributed by atoms with Gasteiger partial charge in [-0.2, -0.15) is 0 Å². The van der Waals surface area contributed by atoms with Crippen LogP contribution in [0.15, 0.2) is 34.9 Å². The normalized spacial score (nSPS) is 17.3.